The van der Waals surface area contributed by atoms with Crippen molar-refractivity contribution in [3.05, 3.63) is 59.1 Å². The molecule has 3 rings (SSSR count). The van der Waals surface area contributed by atoms with E-state index in [0.29, 0.717) is 17.9 Å². The molecule has 24 heavy (non-hydrogen) atoms. The first-order chi connectivity index (χ1) is 11.6. The van der Waals surface area contributed by atoms with Gasteiger partial charge in [-0.25, -0.2) is 4.98 Å². The minimum Gasteiger partial charge on any atom is -0.484 e. The van der Waals surface area contributed by atoms with Crippen molar-refractivity contribution in [3.8, 4) is 5.75 Å². The van der Waals surface area contributed by atoms with Crippen LogP contribution in [0.3, 0.4) is 0 Å². The Balaban J connectivity index is 1.52. The molecule has 0 unspecified atom stereocenters. The van der Waals surface area contributed by atoms with Crippen molar-refractivity contribution in [2.45, 2.75) is 13.5 Å². The maximum Gasteiger partial charge on any atom is 0.258 e. The van der Waals surface area contributed by atoms with Gasteiger partial charge in [-0.05, 0) is 31.2 Å². The molecule has 0 spiro atoms. The van der Waals surface area contributed by atoms with E-state index in [1.54, 1.807) is 35.6 Å². The highest BCUT2D eigenvalue weighted by atomic mass is 32.1. The van der Waals surface area contributed by atoms with Gasteiger partial charge < -0.3 is 10.1 Å². The fourth-order valence-corrected chi connectivity index (χ4v) is 3.08. The second kappa shape index (κ2) is 7.23. The van der Waals surface area contributed by atoms with E-state index in [9.17, 15) is 9.59 Å². The largest absolute Gasteiger partial charge is 0.484 e. The number of para-hydroxylation sites is 1. The van der Waals surface area contributed by atoms with Gasteiger partial charge in [-0.1, -0.05) is 24.3 Å². The predicted octanol–water partition coefficient (Wildman–Crippen LogP) is 3.19. The van der Waals surface area contributed by atoms with Crippen LogP contribution in [-0.4, -0.2) is 23.3 Å². The van der Waals surface area contributed by atoms with Gasteiger partial charge in [-0.2, -0.15) is 0 Å². The van der Waals surface area contributed by atoms with Crippen molar-refractivity contribution >= 4 is 33.2 Å². The van der Waals surface area contributed by atoms with E-state index in [2.05, 4.69) is 10.3 Å². The first kappa shape index (κ1) is 16.1. The Bertz CT molecular complexity index is 856. The summed E-state index contributed by atoms with van der Waals surface area (Å²) >= 11 is 1.55. The number of Topliss-reactive ketones (excluding diaryl/α,β-unsaturated/α-hetero) is 1. The first-order valence-electron chi connectivity index (χ1n) is 7.47. The molecule has 1 heterocycles. The van der Waals surface area contributed by atoms with Gasteiger partial charge in [0.05, 0.1) is 16.8 Å². The molecule has 0 fully saturated rings. The molecular formula is C18H16N2O3S. The highest BCUT2D eigenvalue weighted by molar-refractivity contribution is 7.18. The van der Waals surface area contributed by atoms with Crippen molar-refractivity contribution in [1.29, 1.82) is 0 Å². The van der Waals surface area contributed by atoms with Crippen LogP contribution in [0.15, 0.2) is 48.5 Å². The van der Waals surface area contributed by atoms with Crippen LogP contribution in [0.25, 0.3) is 10.2 Å². The molecule has 122 valence electrons. The zero-order valence-electron chi connectivity index (χ0n) is 13.1. The third-order valence-electron chi connectivity index (χ3n) is 3.39. The van der Waals surface area contributed by atoms with Crippen molar-refractivity contribution < 1.29 is 14.3 Å². The zero-order valence-corrected chi connectivity index (χ0v) is 13.9. The van der Waals surface area contributed by atoms with Gasteiger partial charge in [0, 0.05) is 5.56 Å². The molecule has 0 saturated heterocycles. The summed E-state index contributed by atoms with van der Waals surface area (Å²) in [6.45, 7) is 1.76. The molecule has 0 aliphatic carbocycles. The van der Waals surface area contributed by atoms with Crippen LogP contribution in [-0.2, 0) is 11.3 Å². The molecule has 1 aromatic heterocycles. The molecule has 6 heteroatoms. The molecule has 2 aromatic carbocycles. The lowest BCUT2D eigenvalue weighted by Gasteiger charge is -2.07. The Hall–Kier alpha value is -2.73. The molecule has 0 saturated carbocycles. The fourth-order valence-electron chi connectivity index (χ4n) is 2.17. The number of hydrogen-bond donors (Lipinski definition) is 1. The van der Waals surface area contributed by atoms with E-state index in [0.717, 1.165) is 15.2 Å². The van der Waals surface area contributed by atoms with Gasteiger partial charge >= 0.3 is 0 Å². The van der Waals surface area contributed by atoms with Gasteiger partial charge in [0.2, 0.25) is 0 Å². The van der Waals surface area contributed by atoms with Gasteiger partial charge in [0.15, 0.2) is 12.4 Å². The Kier molecular flexibility index (Phi) is 4.86. The van der Waals surface area contributed by atoms with Crippen LogP contribution >= 0.6 is 11.3 Å². The van der Waals surface area contributed by atoms with Crippen LogP contribution in [0.4, 0.5) is 0 Å². The Morgan fingerprint density at radius 2 is 2.00 bits per heavy atom. The Morgan fingerprint density at radius 3 is 2.79 bits per heavy atom. The third kappa shape index (κ3) is 3.97. The summed E-state index contributed by atoms with van der Waals surface area (Å²) in [4.78, 5) is 27.7. The minimum absolute atomic E-state index is 0.0410. The molecular weight excluding hydrogens is 324 g/mol. The summed E-state index contributed by atoms with van der Waals surface area (Å²) in [7, 11) is 0. The van der Waals surface area contributed by atoms with Crippen LogP contribution in [0.5, 0.6) is 5.75 Å². The molecule has 3 aromatic rings. The van der Waals surface area contributed by atoms with Crippen LogP contribution in [0, 0.1) is 0 Å². The molecule has 5 nitrogen and oxygen atoms in total. The molecule has 0 bridgehead atoms. The van der Waals surface area contributed by atoms with Crippen LogP contribution in [0.2, 0.25) is 0 Å². The third-order valence-corrected chi connectivity index (χ3v) is 4.42. The lowest BCUT2D eigenvalue weighted by molar-refractivity contribution is -0.123. The molecule has 1 amide bonds. The van der Waals surface area contributed by atoms with Crippen LogP contribution in [0.1, 0.15) is 22.3 Å². The topological polar surface area (TPSA) is 68.3 Å². The normalized spacial score (nSPS) is 10.5. The SMILES string of the molecule is CC(=O)c1cccc(OCC(=O)NCc2nc3ccccc3s2)c1. The molecule has 0 aliphatic heterocycles. The highest BCUT2D eigenvalue weighted by Gasteiger charge is 2.07. The number of hydrogen-bond acceptors (Lipinski definition) is 5. The van der Waals surface area contributed by atoms with E-state index >= 15 is 0 Å². The van der Waals surface area contributed by atoms with Gasteiger partial charge in [-0.15, -0.1) is 11.3 Å². The zero-order chi connectivity index (χ0) is 16.9. The van der Waals surface area contributed by atoms with Crippen molar-refractivity contribution in [3.63, 3.8) is 0 Å². The van der Waals surface area contributed by atoms with E-state index in [-0.39, 0.29) is 18.3 Å². The number of ether oxygens (including phenoxy) is 1. The predicted molar refractivity (Wildman–Crippen MR) is 93.4 cm³/mol. The number of nitrogens with one attached hydrogen (secondary N) is 1. The number of fused-ring (bicyclic) bond motifs is 1. The molecule has 0 atom stereocenters. The number of carbonyl (C=O) groups excluding carboxylic acids is 2. The number of ketones is 1. The summed E-state index contributed by atoms with van der Waals surface area (Å²) in [5.41, 5.74) is 1.49. The lowest BCUT2D eigenvalue weighted by Crippen LogP contribution is -2.28. The number of carbonyl (C=O) groups is 2. The molecule has 0 radical (unpaired) electrons. The van der Waals surface area contributed by atoms with E-state index < -0.39 is 0 Å². The number of aromatic nitrogens is 1. The Labute approximate surface area is 143 Å². The van der Waals surface area contributed by atoms with Gasteiger partial charge in [-0.3, -0.25) is 9.59 Å². The highest BCUT2D eigenvalue weighted by Crippen LogP contribution is 2.21. The van der Waals surface area contributed by atoms with Gasteiger partial charge in [0.1, 0.15) is 10.8 Å². The maximum atomic E-state index is 11.9. The van der Waals surface area contributed by atoms with Crippen molar-refractivity contribution in [2.24, 2.45) is 0 Å². The molecule has 0 aliphatic rings. The Morgan fingerprint density at radius 1 is 1.17 bits per heavy atom. The monoisotopic (exact) mass is 340 g/mol. The molecule has 1 N–H and O–H groups in total. The van der Waals surface area contributed by atoms with E-state index in [4.69, 9.17) is 4.74 Å². The van der Waals surface area contributed by atoms with E-state index in [1.165, 1.54) is 6.92 Å². The van der Waals surface area contributed by atoms with Gasteiger partial charge in [0.25, 0.3) is 5.91 Å². The lowest BCUT2D eigenvalue weighted by atomic mass is 10.1. The first-order valence-corrected chi connectivity index (χ1v) is 8.28. The summed E-state index contributed by atoms with van der Waals surface area (Å²) in [5.74, 6) is 0.223. The fraction of sp³-hybridized carbons (Fsp3) is 0.167. The standard InChI is InChI=1S/C18H16N2O3S/c1-12(21)13-5-4-6-14(9-13)23-11-17(22)19-10-18-20-15-7-2-3-8-16(15)24-18/h2-9H,10-11H2,1H3,(H,19,22). The van der Waals surface area contributed by atoms with E-state index in [1.807, 2.05) is 24.3 Å². The number of nitrogens with zero attached hydrogens (tertiary/aromatic N) is 1. The summed E-state index contributed by atoms with van der Waals surface area (Å²) in [6.07, 6.45) is 0. The summed E-state index contributed by atoms with van der Waals surface area (Å²) in [5, 5.41) is 3.63. The second-order valence-electron chi connectivity index (χ2n) is 5.22. The summed E-state index contributed by atoms with van der Waals surface area (Å²) in [6, 6.07) is 14.6. The smallest absolute Gasteiger partial charge is 0.258 e. The van der Waals surface area contributed by atoms with Crippen molar-refractivity contribution in [1.82, 2.24) is 10.3 Å². The minimum atomic E-state index is -0.234. The average Bonchev–Trinajstić information content (AvgIpc) is 3.01. The summed E-state index contributed by atoms with van der Waals surface area (Å²) < 4.78 is 6.52. The average molecular weight is 340 g/mol. The maximum absolute atomic E-state index is 11.9. The second-order valence-corrected chi connectivity index (χ2v) is 6.34. The quantitative estimate of drug-likeness (QED) is 0.700. The number of rotatable bonds is 6. The van der Waals surface area contributed by atoms with Crippen LogP contribution < -0.4 is 10.1 Å². The van der Waals surface area contributed by atoms with Crippen molar-refractivity contribution in [2.75, 3.05) is 6.61 Å². The number of thiazole rings is 1. The number of amides is 1. The number of benzene rings is 2.